The highest BCUT2D eigenvalue weighted by molar-refractivity contribution is 9.09. The highest BCUT2D eigenvalue weighted by Gasteiger charge is 2.46. The van der Waals surface area contributed by atoms with E-state index in [-0.39, 0.29) is 12.7 Å². The molecule has 0 saturated carbocycles. The summed E-state index contributed by atoms with van der Waals surface area (Å²) in [4.78, 5) is 0. The van der Waals surface area contributed by atoms with Crippen molar-refractivity contribution in [2.24, 2.45) is 0 Å². The van der Waals surface area contributed by atoms with Crippen molar-refractivity contribution in [2.75, 3.05) is 11.9 Å². The molecule has 0 aromatic heterocycles. The maximum Gasteiger partial charge on any atom is 0.115 e. The standard InChI is InChI=1S/C6H11BrO4/c7-1-3(9)5(10)6-4(2-8)11-6/h3-6,8-10H,1-2H2/t3-,4+,5+,6+/m0/s1. The first kappa shape index (κ1) is 9.41. The van der Waals surface area contributed by atoms with E-state index in [1.165, 1.54) is 0 Å². The highest BCUT2D eigenvalue weighted by atomic mass is 79.9. The van der Waals surface area contributed by atoms with Gasteiger partial charge in [-0.1, -0.05) is 15.9 Å². The largest absolute Gasteiger partial charge is 0.394 e. The fourth-order valence-electron chi connectivity index (χ4n) is 0.914. The number of aliphatic hydroxyl groups is 3. The quantitative estimate of drug-likeness (QED) is 0.419. The lowest BCUT2D eigenvalue weighted by molar-refractivity contribution is 0.0169. The van der Waals surface area contributed by atoms with Crippen LogP contribution in [0.3, 0.4) is 0 Å². The number of aliphatic hydroxyl groups excluding tert-OH is 3. The second-order valence-electron chi connectivity index (χ2n) is 2.53. The third-order valence-electron chi connectivity index (χ3n) is 1.69. The van der Waals surface area contributed by atoms with Crippen LogP contribution in [0.4, 0.5) is 0 Å². The Morgan fingerprint density at radius 2 is 2.09 bits per heavy atom. The summed E-state index contributed by atoms with van der Waals surface area (Å²) < 4.78 is 4.87. The van der Waals surface area contributed by atoms with Crippen molar-refractivity contribution in [1.29, 1.82) is 0 Å². The topological polar surface area (TPSA) is 73.2 Å². The molecule has 3 N–H and O–H groups in total. The first-order valence-electron chi connectivity index (χ1n) is 3.39. The van der Waals surface area contributed by atoms with Gasteiger partial charge in [-0.25, -0.2) is 0 Å². The number of epoxide rings is 1. The Morgan fingerprint density at radius 1 is 1.45 bits per heavy atom. The molecule has 1 heterocycles. The summed E-state index contributed by atoms with van der Waals surface area (Å²) in [6, 6.07) is 0. The Morgan fingerprint density at radius 3 is 2.45 bits per heavy atom. The Bertz CT molecular complexity index is 132. The van der Waals surface area contributed by atoms with Gasteiger partial charge in [0.25, 0.3) is 0 Å². The molecule has 0 amide bonds. The zero-order chi connectivity index (χ0) is 8.43. The molecule has 0 aromatic rings. The molecule has 1 aliphatic heterocycles. The molecule has 0 spiro atoms. The van der Waals surface area contributed by atoms with Crippen LogP contribution in [-0.2, 0) is 4.74 Å². The minimum Gasteiger partial charge on any atom is -0.394 e. The fraction of sp³-hybridized carbons (Fsp3) is 1.00. The molecule has 0 aromatic carbocycles. The summed E-state index contributed by atoms with van der Waals surface area (Å²) in [6.07, 6.45) is -2.41. The first-order valence-corrected chi connectivity index (χ1v) is 4.51. The molecule has 66 valence electrons. The van der Waals surface area contributed by atoms with E-state index in [0.717, 1.165) is 0 Å². The van der Waals surface area contributed by atoms with Gasteiger partial charge in [0.1, 0.15) is 18.3 Å². The van der Waals surface area contributed by atoms with E-state index >= 15 is 0 Å². The zero-order valence-electron chi connectivity index (χ0n) is 5.85. The van der Waals surface area contributed by atoms with Crippen molar-refractivity contribution < 1.29 is 20.1 Å². The van der Waals surface area contributed by atoms with E-state index in [9.17, 15) is 5.11 Å². The minimum absolute atomic E-state index is 0.100. The molecule has 0 radical (unpaired) electrons. The molecule has 0 bridgehead atoms. The third-order valence-corrected chi connectivity index (χ3v) is 2.35. The molecule has 0 unspecified atom stereocenters. The Hall–Kier alpha value is 0.320. The number of halogens is 1. The van der Waals surface area contributed by atoms with Crippen molar-refractivity contribution in [3.63, 3.8) is 0 Å². The molecular formula is C6H11BrO4. The Balaban J connectivity index is 2.26. The summed E-state index contributed by atoms with van der Waals surface area (Å²) in [5, 5.41) is 27.2. The van der Waals surface area contributed by atoms with Gasteiger partial charge in [-0.2, -0.15) is 0 Å². The third kappa shape index (κ3) is 2.13. The summed E-state index contributed by atoms with van der Waals surface area (Å²) in [5.74, 6) is 0. The highest BCUT2D eigenvalue weighted by Crippen LogP contribution is 2.26. The maximum absolute atomic E-state index is 9.24. The molecule has 1 fully saturated rings. The number of ether oxygens (including phenoxy) is 1. The van der Waals surface area contributed by atoms with Crippen LogP contribution in [0.2, 0.25) is 0 Å². The van der Waals surface area contributed by atoms with Gasteiger partial charge in [-0.15, -0.1) is 0 Å². The van der Waals surface area contributed by atoms with Gasteiger partial charge in [-0.3, -0.25) is 0 Å². The van der Waals surface area contributed by atoms with Crippen molar-refractivity contribution in [3.8, 4) is 0 Å². The smallest absolute Gasteiger partial charge is 0.115 e. The monoisotopic (exact) mass is 226 g/mol. The van der Waals surface area contributed by atoms with E-state index in [1.54, 1.807) is 0 Å². The Labute approximate surface area is 72.9 Å². The molecule has 11 heavy (non-hydrogen) atoms. The summed E-state index contributed by atoms with van der Waals surface area (Å²) in [7, 11) is 0. The van der Waals surface area contributed by atoms with Gasteiger partial charge in [0.05, 0.1) is 12.7 Å². The van der Waals surface area contributed by atoms with E-state index in [0.29, 0.717) is 5.33 Å². The van der Waals surface area contributed by atoms with Gasteiger partial charge in [0.15, 0.2) is 0 Å². The zero-order valence-corrected chi connectivity index (χ0v) is 7.44. The van der Waals surface area contributed by atoms with Crippen molar-refractivity contribution in [3.05, 3.63) is 0 Å². The second-order valence-corrected chi connectivity index (χ2v) is 3.18. The average molecular weight is 227 g/mol. The second kappa shape index (κ2) is 3.82. The number of hydrogen-bond acceptors (Lipinski definition) is 4. The maximum atomic E-state index is 9.24. The van der Waals surface area contributed by atoms with Crippen molar-refractivity contribution in [2.45, 2.75) is 24.4 Å². The lowest BCUT2D eigenvalue weighted by Gasteiger charge is -2.12. The fourth-order valence-corrected chi connectivity index (χ4v) is 1.30. The van der Waals surface area contributed by atoms with Gasteiger partial charge in [0.2, 0.25) is 0 Å². The SMILES string of the molecule is OC[C@H]1O[C@H]1[C@H](O)[C@@H](O)CBr. The molecule has 4 nitrogen and oxygen atoms in total. The van der Waals surface area contributed by atoms with Crippen molar-refractivity contribution >= 4 is 15.9 Å². The summed E-state index contributed by atoms with van der Waals surface area (Å²) in [6.45, 7) is -0.100. The van der Waals surface area contributed by atoms with Crippen LogP contribution in [0.1, 0.15) is 0 Å². The predicted octanol–water partition coefficient (Wildman–Crippen LogP) is -1.14. The lowest BCUT2D eigenvalue weighted by atomic mass is 10.1. The normalized spacial score (nSPS) is 34.9. The first-order chi connectivity index (χ1) is 5.20. The predicted molar refractivity (Wildman–Crippen MR) is 41.6 cm³/mol. The van der Waals surface area contributed by atoms with Gasteiger partial charge >= 0.3 is 0 Å². The molecule has 0 aliphatic carbocycles. The lowest BCUT2D eigenvalue weighted by Crippen LogP contribution is -2.33. The number of hydrogen-bond donors (Lipinski definition) is 3. The van der Waals surface area contributed by atoms with E-state index in [4.69, 9.17) is 14.9 Å². The van der Waals surface area contributed by atoms with Crippen LogP contribution >= 0.6 is 15.9 Å². The van der Waals surface area contributed by atoms with E-state index in [1.807, 2.05) is 0 Å². The van der Waals surface area contributed by atoms with Crippen LogP contribution in [0.25, 0.3) is 0 Å². The molecular weight excluding hydrogens is 216 g/mol. The molecule has 1 saturated heterocycles. The van der Waals surface area contributed by atoms with Gasteiger partial charge in [0, 0.05) is 5.33 Å². The van der Waals surface area contributed by atoms with Crippen LogP contribution in [0.15, 0.2) is 0 Å². The molecule has 1 aliphatic rings. The van der Waals surface area contributed by atoms with E-state index in [2.05, 4.69) is 15.9 Å². The van der Waals surface area contributed by atoms with E-state index < -0.39 is 18.3 Å². The molecule has 1 rings (SSSR count). The number of alkyl halides is 1. The summed E-state index contributed by atoms with van der Waals surface area (Å²) >= 11 is 3.03. The van der Waals surface area contributed by atoms with Crippen LogP contribution in [0, 0.1) is 0 Å². The van der Waals surface area contributed by atoms with Gasteiger partial charge in [-0.05, 0) is 0 Å². The average Bonchev–Trinajstić information content (AvgIpc) is 2.80. The molecule has 5 heteroatoms. The van der Waals surface area contributed by atoms with Crippen LogP contribution < -0.4 is 0 Å². The molecule has 4 atom stereocenters. The van der Waals surface area contributed by atoms with Gasteiger partial charge < -0.3 is 20.1 Å². The number of rotatable bonds is 4. The van der Waals surface area contributed by atoms with Crippen molar-refractivity contribution in [1.82, 2.24) is 0 Å². The minimum atomic E-state index is -0.897. The Kier molecular flexibility index (Phi) is 3.27. The van der Waals surface area contributed by atoms with Crippen LogP contribution in [0.5, 0.6) is 0 Å². The summed E-state index contributed by atoms with van der Waals surface area (Å²) in [5.41, 5.74) is 0. The van der Waals surface area contributed by atoms with Crippen LogP contribution in [-0.4, -0.2) is 51.7 Å².